The molecule has 2 rings (SSSR count). The fraction of sp³-hybridized carbons (Fsp3) is 0.167. The Labute approximate surface area is 93.2 Å². The van der Waals surface area contributed by atoms with Gasteiger partial charge in [-0.15, -0.1) is 0 Å². The molecule has 0 amide bonds. The predicted molar refractivity (Wildman–Crippen MR) is 60.2 cm³/mol. The lowest BCUT2D eigenvalue weighted by atomic mass is 10.1. The molecule has 0 atom stereocenters. The molecule has 1 aliphatic rings. The number of benzene rings is 1. The van der Waals surface area contributed by atoms with Crippen molar-refractivity contribution in [1.82, 2.24) is 0 Å². The van der Waals surface area contributed by atoms with E-state index in [0.717, 1.165) is 11.3 Å². The molecule has 0 aliphatic carbocycles. The lowest BCUT2D eigenvalue weighted by molar-refractivity contribution is -0.136. The van der Waals surface area contributed by atoms with Crippen LogP contribution in [0.4, 0.5) is 0 Å². The summed E-state index contributed by atoms with van der Waals surface area (Å²) in [5, 5.41) is 3.60. The number of rotatable bonds is 2. The molecule has 82 valence electrons. The van der Waals surface area contributed by atoms with E-state index in [1.165, 1.54) is 0 Å². The second kappa shape index (κ2) is 4.18. The summed E-state index contributed by atoms with van der Waals surface area (Å²) >= 11 is 0. The maximum atomic E-state index is 11.3. The molecule has 1 aromatic rings. The molecular formula is C12H11NO3. The van der Waals surface area contributed by atoms with Crippen molar-refractivity contribution < 1.29 is 14.4 Å². The van der Waals surface area contributed by atoms with Crippen LogP contribution in [-0.4, -0.2) is 18.8 Å². The van der Waals surface area contributed by atoms with E-state index in [4.69, 9.17) is 4.74 Å². The standard InChI is InChI=1S/C12H11NO3/c1-8-11(12(14)16-13-8)7-9-4-3-5-10(6-9)15-2/h3-7H,1-2H3/b11-7+. The summed E-state index contributed by atoms with van der Waals surface area (Å²) in [6.07, 6.45) is 1.73. The SMILES string of the molecule is COc1cccc(/C=C2/C(=O)ON=C2C)c1. The van der Waals surface area contributed by atoms with Crippen LogP contribution in [0.3, 0.4) is 0 Å². The highest BCUT2D eigenvalue weighted by atomic mass is 16.7. The van der Waals surface area contributed by atoms with Gasteiger partial charge in [0.05, 0.1) is 18.4 Å². The second-order valence-corrected chi connectivity index (χ2v) is 3.39. The average molecular weight is 217 g/mol. The molecule has 0 N–H and O–H groups in total. The number of carbonyl (C=O) groups is 1. The fourth-order valence-corrected chi connectivity index (χ4v) is 1.42. The molecule has 0 saturated heterocycles. The quantitative estimate of drug-likeness (QED) is 0.562. The molecule has 0 saturated carbocycles. The Hall–Kier alpha value is -2.10. The maximum Gasteiger partial charge on any atom is 0.367 e. The van der Waals surface area contributed by atoms with Gasteiger partial charge in [-0.05, 0) is 30.7 Å². The average Bonchev–Trinajstić information content (AvgIpc) is 2.61. The highest BCUT2D eigenvalue weighted by Crippen LogP contribution is 2.18. The van der Waals surface area contributed by atoms with Crippen molar-refractivity contribution in [2.24, 2.45) is 5.16 Å². The highest BCUT2D eigenvalue weighted by molar-refractivity contribution is 6.24. The van der Waals surface area contributed by atoms with Gasteiger partial charge in [-0.2, -0.15) is 0 Å². The molecule has 0 bridgehead atoms. The summed E-state index contributed by atoms with van der Waals surface area (Å²) in [5.41, 5.74) is 1.95. The number of ether oxygens (including phenoxy) is 1. The molecule has 1 heterocycles. The van der Waals surface area contributed by atoms with Gasteiger partial charge >= 0.3 is 5.97 Å². The normalized spacial score (nSPS) is 17.2. The van der Waals surface area contributed by atoms with Crippen LogP contribution in [0.5, 0.6) is 5.75 Å². The molecular weight excluding hydrogens is 206 g/mol. The Bertz CT molecular complexity index is 489. The van der Waals surface area contributed by atoms with E-state index < -0.39 is 5.97 Å². The van der Waals surface area contributed by atoms with E-state index in [1.54, 1.807) is 20.1 Å². The van der Waals surface area contributed by atoms with Gasteiger partial charge in [-0.25, -0.2) is 4.79 Å². The number of nitrogens with zero attached hydrogens (tertiary/aromatic N) is 1. The fourth-order valence-electron chi connectivity index (χ4n) is 1.42. The maximum absolute atomic E-state index is 11.3. The Morgan fingerprint density at radius 2 is 2.25 bits per heavy atom. The molecule has 4 heteroatoms. The Morgan fingerprint density at radius 3 is 2.88 bits per heavy atom. The minimum absolute atomic E-state index is 0.416. The van der Waals surface area contributed by atoms with Gasteiger partial charge in [-0.3, -0.25) is 0 Å². The summed E-state index contributed by atoms with van der Waals surface area (Å²) in [6.45, 7) is 1.73. The van der Waals surface area contributed by atoms with Crippen LogP contribution in [0, 0.1) is 0 Å². The van der Waals surface area contributed by atoms with E-state index in [2.05, 4.69) is 9.99 Å². The zero-order chi connectivity index (χ0) is 11.5. The van der Waals surface area contributed by atoms with Crippen molar-refractivity contribution in [2.75, 3.05) is 7.11 Å². The summed E-state index contributed by atoms with van der Waals surface area (Å²) in [6, 6.07) is 7.42. The lowest BCUT2D eigenvalue weighted by Gasteiger charge is -2.00. The predicted octanol–water partition coefficient (Wildman–Crippen LogP) is 2.01. The highest BCUT2D eigenvalue weighted by Gasteiger charge is 2.21. The van der Waals surface area contributed by atoms with Gasteiger partial charge in [0.1, 0.15) is 5.75 Å². The molecule has 0 fully saturated rings. The van der Waals surface area contributed by atoms with Crippen LogP contribution >= 0.6 is 0 Å². The topological polar surface area (TPSA) is 47.9 Å². The van der Waals surface area contributed by atoms with E-state index in [-0.39, 0.29) is 0 Å². The van der Waals surface area contributed by atoms with Gasteiger partial charge in [0.25, 0.3) is 0 Å². The molecule has 4 nitrogen and oxygen atoms in total. The summed E-state index contributed by atoms with van der Waals surface area (Å²) in [7, 11) is 1.60. The minimum atomic E-state index is -0.416. The number of carbonyl (C=O) groups excluding carboxylic acids is 1. The summed E-state index contributed by atoms with van der Waals surface area (Å²) in [5.74, 6) is 0.329. The van der Waals surface area contributed by atoms with Gasteiger partial charge in [-0.1, -0.05) is 17.3 Å². The van der Waals surface area contributed by atoms with Gasteiger partial charge in [0, 0.05) is 0 Å². The lowest BCUT2D eigenvalue weighted by Crippen LogP contribution is -2.01. The van der Waals surface area contributed by atoms with Gasteiger partial charge < -0.3 is 9.57 Å². The first kappa shape index (κ1) is 10.4. The van der Waals surface area contributed by atoms with Gasteiger partial charge in [0.15, 0.2) is 0 Å². The first-order chi connectivity index (χ1) is 7.70. The van der Waals surface area contributed by atoms with Crippen LogP contribution < -0.4 is 4.74 Å². The van der Waals surface area contributed by atoms with Crippen molar-refractivity contribution in [3.63, 3.8) is 0 Å². The first-order valence-corrected chi connectivity index (χ1v) is 4.83. The van der Waals surface area contributed by atoms with Crippen LogP contribution in [-0.2, 0) is 9.63 Å². The van der Waals surface area contributed by atoms with Crippen molar-refractivity contribution in [3.05, 3.63) is 35.4 Å². The monoisotopic (exact) mass is 217 g/mol. The number of hydrogen-bond acceptors (Lipinski definition) is 4. The second-order valence-electron chi connectivity index (χ2n) is 3.39. The van der Waals surface area contributed by atoms with Crippen LogP contribution in [0.1, 0.15) is 12.5 Å². The smallest absolute Gasteiger partial charge is 0.367 e. The van der Waals surface area contributed by atoms with E-state index in [1.807, 2.05) is 24.3 Å². The largest absolute Gasteiger partial charge is 0.497 e. The van der Waals surface area contributed by atoms with Crippen LogP contribution in [0.2, 0.25) is 0 Å². The van der Waals surface area contributed by atoms with E-state index >= 15 is 0 Å². The van der Waals surface area contributed by atoms with Crippen molar-refractivity contribution in [1.29, 1.82) is 0 Å². The molecule has 1 aliphatic heterocycles. The number of oxime groups is 1. The van der Waals surface area contributed by atoms with Gasteiger partial charge in [0.2, 0.25) is 0 Å². The van der Waals surface area contributed by atoms with Crippen LogP contribution in [0.25, 0.3) is 6.08 Å². The summed E-state index contributed by atoms with van der Waals surface area (Å²) in [4.78, 5) is 15.9. The zero-order valence-electron chi connectivity index (χ0n) is 9.06. The number of hydrogen-bond donors (Lipinski definition) is 0. The van der Waals surface area contributed by atoms with E-state index in [0.29, 0.717) is 11.3 Å². The zero-order valence-corrected chi connectivity index (χ0v) is 9.06. The minimum Gasteiger partial charge on any atom is -0.497 e. The third-order valence-electron chi connectivity index (χ3n) is 2.28. The molecule has 0 unspecified atom stereocenters. The van der Waals surface area contributed by atoms with Crippen molar-refractivity contribution in [2.45, 2.75) is 6.92 Å². The number of methoxy groups -OCH3 is 1. The van der Waals surface area contributed by atoms with Crippen LogP contribution in [0.15, 0.2) is 35.0 Å². The Morgan fingerprint density at radius 1 is 1.44 bits per heavy atom. The summed E-state index contributed by atoms with van der Waals surface area (Å²) < 4.78 is 5.10. The molecule has 16 heavy (non-hydrogen) atoms. The Kier molecular flexibility index (Phi) is 2.72. The molecule has 0 spiro atoms. The van der Waals surface area contributed by atoms with Crippen molar-refractivity contribution in [3.8, 4) is 5.75 Å². The Balaban J connectivity index is 2.35. The molecule has 0 aromatic heterocycles. The molecule has 1 aromatic carbocycles. The van der Waals surface area contributed by atoms with E-state index in [9.17, 15) is 4.79 Å². The third-order valence-corrected chi connectivity index (χ3v) is 2.28. The first-order valence-electron chi connectivity index (χ1n) is 4.83. The van der Waals surface area contributed by atoms with Crippen molar-refractivity contribution >= 4 is 17.8 Å². The third kappa shape index (κ3) is 1.95. The molecule has 0 radical (unpaired) electrons.